The smallest absolute Gasteiger partial charge is 0.326 e. The second-order valence-corrected chi connectivity index (χ2v) is 7.35. The van der Waals surface area contributed by atoms with Crippen LogP contribution < -0.4 is 32.7 Å². The standard InChI is InChI=1S/C18H30N6O7/c1-9(22-16(28)10-3-2-8-21-10)15(27)23-11(4-6-13(19)25)17(29)24-12(18(30)31)5-7-14(20)26/h9-12,21H,2-8H2,1H3,(H2,19,25)(H2,20,26)(H,22,28)(H,23,27)(H,24,29)(H,30,31). The van der Waals surface area contributed by atoms with Crippen LogP contribution in [-0.2, 0) is 28.8 Å². The van der Waals surface area contributed by atoms with E-state index in [-0.39, 0.29) is 31.6 Å². The summed E-state index contributed by atoms with van der Waals surface area (Å²) in [4.78, 5) is 70.5. The maximum absolute atomic E-state index is 12.5. The third-order valence-electron chi connectivity index (χ3n) is 4.74. The predicted octanol–water partition coefficient (Wildman–Crippen LogP) is -3.17. The molecule has 1 aliphatic heterocycles. The molecule has 0 aromatic carbocycles. The number of aliphatic carboxylic acids is 1. The zero-order valence-electron chi connectivity index (χ0n) is 17.3. The molecule has 0 saturated carbocycles. The molecule has 13 nitrogen and oxygen atoms in total. The zero-order chi connectivity index (χ0) is 23.6. The van der Waals surface area contributed by atoms with E-state index in [1.165, 1.54) is 6.92 Å². The van der Waals surface area contributed by atoms with Gasteiger partial charge in [0.1, 0.15) is 18.1 Å². The maximum Gasteiger partial charge on any atom is 0.326 e. The average Bonchev–Trinajstić information content (AvgIpc) is 3.22. The fourth-order valence-corrected chi connectivity index (χ4v) is 2.96. The van der Waals surface area contributed by atoms with Gasteiger partial charge >= 0.3 is 5.97 Å². The van der Waals surface area contributed by atoms with E-state index in [1.54, 1.807) is 0 Å². The van der Waals surface area contributed by atoms with Gasteiger partial charge in [-0.15, -0.1) is 0 Å². The number of carbonyl (C=O) groups excluding carboxylic acids is 5. The number of carbonyl (C=O) groups is 6. The van der Waals surface area contributed by atoms with Crippen LogP contribution in [0.4, 0.5) is 0 Å². The molecular weight excluding hydrogens is 412 g/mol. The second kappa shape index (κ2) is 12.5. The molecular formula is C18H30N6O7. The van der Waals surface area contributed by atoms with Crippen LogP contribution in [0.5, 0.6) is 0 Å². The van der Waals surface area contributed by atoms with Gasteiger partial charge in [0.15, 0.2) is 0 Å². The van der Waals surface area contributed by atoms with Crippen molar-refractivity contribution in [2.45, 2.75) is 69.6 Å². The second-order valence-electron chi connectivity index (χ2n) is 7.35. The van der Waals surface area contributed by atoms with Crippen molar-refractivity contribution in [2.24, 2.45) is 11.5 Å². The summed E-state index contributed by atoms with van der Waals surface area (Å²) in [6, 6.07) is -4.08. The van der Waals surface area contributed by atoms with Crippen molar-refractivity contribution in [3.63, 3.8) is 0 Å². The van der Waals surface area contributed by atoms with Crippen LogP contribution in [0.15, 0.2) is 0 Å². The highest BCUT2D eigenvalue weighted by molar-refractivity contribution is 5.94. The third kappa shape index (κ3) is 9.42. The van der Waals surface area contributed by atoms with Gasteiger partial charge in [0, 0.05) is 12.8 Å². The van der Waals surface area contributed by atoms with Gasteiger partial charge < -0.3 is 37.8 Å². The van der Waals surface area contributed by atoms with Gasteiger partial charge in [0.05, 0.1) is 6.04 Å². The van der Waals surface area contributed by atoms with Gasteiger partial charge in [-0.1, -0.05) is 0 Å². The van der Waals surface area contributed by atoms with Crippen molar-refractivity contribution in [1.82, 2.24) is 21.3 Å². The molecule has 9 N–H and O–H groups in total. The number of rotatable bonds is 13. The summed E-state index contributed by atoms with van der Waals surface area (Å²) in [6.07, 6.45) is 0.547. The molecule has 0 aromatic rings. The Labute approximate surface area is 179 Å². The summed E-state index contributed by atoms with van der Waals surface area (Å²) >= 11 is 0. The lowest BCUT2D eigenvalue weighted by Crippen LogP contribution is -2.56. The third-order valence-corrected chi connectivity index (χ3v) is 4.74. The lowest BCUT2D eigenvalue weighted by atomic mass is 10.1. The van der Waals surface area contributed by atoms with Crippen LogP contribution >= 0.6 is 0 Å². The molecule has 1 rings (SSSR count). The van der Waals surface area contributed by atoms with Gasteiger partial charge in [-0.05, 0) is 39.2 Å². The fourth-order valence-electron chi connectivity index (χ4n) is 2.96. The van der Waals surface area contributed by atoms with E-state index in [0.717, 1.165) is 6.42 Å². The van der Waals surface area contributed by atoms with E-state index in [0.29, 0.717) is 13.0 Å². The summed E-state index contributed by atoms with van der Waals surface area (Å²) in [5.41, 5.74) is 10.1. The van der Waals surface area contributed by atoms with Crippen LogP contribution in [0.1, 0.15) is 45.4 Å². The molecule has 1 heterocycles. The van der Waals surface area contributed by atoms with Crippen molar-refractivity contribution in [3.05, 3.63) is 0 Å². The Balaban J connectivity index is 2.76. The van der Waals surface area contributed by atoms with Crippen molar-refractivity contribution in [1.29, 1.82) is 0 Å². The number of nitrogens with two attached hydrogens (primary N) is 2. The zero-order valence-corrected chi connectivity index (χ0v) is 17.3. The van der Waals surface area contributed by atoms with E-state index >= 15 is 0 Å². The Kier molecular flexibility index (Phi) is 10.4. The van der Waals surface area contributed by atoms with Gasteiger partial charge in [-0.3, -0.25) is 24.0 Å². The monoisotopic (exact) mass is 442 g/mol. The minimum absolute atomic E-state index is 0.181. The molecule has 0 spiro atoms. The maximum atomic E-state index is 12.5. The molecule has 1 aliphatic rings. The van der Waals surface area contributed by atoms with Crippen molar-refractivity contribution in [3.8, 4) is 0 Å². The van der Waals surface area contributed by atoms with Crippen LogP contribution in [0.2, 0.25) is 0 Å². The molecule has 13 heteroatoms. The van der Waals surface area contributed by atoms with E-state index < -0.39 is 53.8 Å². The topological polar surface area (TPSA) is 223 Å². The fraction of sp³-hybridized carbons (Fsp3) is 0.667. The van der Waals surface area contributed by atoms with Gasteiger partial charge in [0.2, 0.25) is 29.5 Å². The Morgan fingerprint density at radius 2 is 1.48 bits per heavy atom. The Hall–Kier alpha value is -3.22. The number of nitrogens with one attached hydrogen (secondary N) is 4. The number of primary amides is 2. The highest BCUT2D eigenvalue weighted by Gasteiger charge is 2.30. The van der Waals surface area contributed by atoms with E-state index in [1.807, 2.05) is 0 Å². The van der Waals surface area contributed by atoms with Crippen LogP contribution in [-0.4, -0.2) is 71.3 Å². The molecule has 0 bridgehead atoms. The minimum atomic E-state index is -1.42. The lowest BCUT2D eigenvalue weighted by Gasteiger charge is -2.23. The molecule has 0 aromatic heterocycles. The number of carboxylic acid groups (broad SMARTS) is 1. The molecule has 0 radical (unpaired) electrons. The van der Waals surface area contributed by atoms with Crippen molar-refractivity contribution >= 4 is 35.5 Å². The van der Waals surface area contributed by atoms with E-state index in [4.69, 9.17) is 11.5 Å². The first kappa shape index (κ1) is 25.8. The average molecular weight is 442 g/mol. The van der Waals surface area contributed by atoms with E-state index in [2.05, 4.69) is 21.3 Å². The van der Waals surface area contributed by atoms with Gasteiger partial charge in [-0.25, -0.2) is 4.79 Å². The normalized spacial score (nSPS) is 18.3. The first-order valence-electron chi connectivity index (χ1n) is 9.95. The largest absolute Gasteiger partial charge is 0.480 e. The summed E-state index contributed by atoms with van der Waals surface area (Å²) in [6.45, 7) is 2.13. The molecule has 174 valence electrons. The molecule has 0 aliphatic carbocycles. The minimum Gasteiger partial charge on any atom is -0.480 e. The number of amides is 5. The summed E-state index contributed by atoms with van der Waals surface area (Å²) in [5, 5.41) is 19.4. The van der Waals surface area contributed by atoms with E-state index in [9.17, 15) is 33.9 Å². The molecule has 31 heavy (non-hydrogen) atoms. The number of hydrogen-bond acceptors (Lipinski definition) is 7. The number of hydrogen-bond donors (Lipinski definition) is 7. The first-order valence-corrected chi connectivity index (χ1v) is 9.95. The highest BCUT2D eigenvalue weighted by Crippen LogP contribution is 2.06. The van der Waals surface area contributed by atoms with Crippen molar-refractivity contribution < 1.29 is 33.9 Å². The molecule has 4 unspecified atom stereocenters. The molecule has 5 amide bonds. The Morgan fingerprint density at radius 3 is 1.97 bits per heavy atom. The SMILES string of the molecule is CC(NC(=O)C1CCCN1)C(=O)NC(CCC(N)=O)C(=O)NC(CCC(N)=O)C(=O)O. The van der Waals surface area contributed by atoms with Crippen LogP contribution in [0.3, 0.4) is 0 Å². The summed E-state index contributed by atoms with van der Waals surface area (Å²) < 4.78 is 0. The predicted molar refractivity (Wildman–Crippen MR) is 107 cm³/mol. The lowest BCUT2D eigenvalue weighted by molar-refractivity contribution is -0.142. The number of carboxylic acids is 1. The van der Waals surface area contributed by atoms with Crippen LogP contribution in [0.25, 0.3) is 0 Å². The summed E-state index contributed by atoms with van der Waals surface area (Å²) in [7, 11) is 0. The molecule has 4 atom stereocenters. The Morgan fingerprint density at radius 1 is 0.935 bits per heavy atom. The molecule has 1 saturated heterocycles. The van der Waals surface area contributed by atoms with Gasteiger partial charge in [0.25, 0.3) is 0 Å². The van der Waals surface area contributed by atoms with Crippen molar-refractivity contribution in [2.75, 3.05) is 6.54 Å². The van der Waals surface area contributed by atoms with Gasteiger partial charge in [-0.2, -0.15) is 0 Å². The highest BCUT2D eigenvalue weighted by atomic mass is 16.4. The Bertz CT molecular complexity index is 708. The van der Waals surface area contributed by atoms with Crippen LogP contribution in [0, 0.1) is 0 Å². The quantitative estimate of drug-likeness (QED) is 0.154. The first-order chi connectivity index (χ1) is 14.5. The summed E-state index contributed by atoms with van der Waals surface area (Å²) in [5.74, 6) is -4.76. The molecule has 1 fully saturated rings.